The van der Waals surface area contributed by atoms with E-state index in [0.29, 0.717) is 0 Å². The van der Waals surface area contributed by atoms with Gasteiger partial charge < -0.3 is 4.55 Å². The number of aryl methyl sites for hydroxylation is 1. The number of benzene rings is 1. The molecule has 0 atom stereocenters. The first-order valence-electron chi connectivity index (χ1n) is 26.5. The second-order valence-electron chi connectivity index (χ2n) is 18.7. The van der Waals surface area contributed by atoms with Crippen LogP contribution in [0.4, 0.5) is 0 Å². The number of hydrogen-bond donors (Lipinski definition) is 0. The molecule has 0 heterocycles. The number of unbranched alkanes of at least 4 members (excludes halogenated alkanes) is 39. The van der Waals surface area contributed by atoms with Crippen molar-refractivity contribution in [2.75, 3.05) is 0 Å². The molecule has 5 heteroatoms. The third-order valence-corrected chi connectivity index (χ3v) is 14.0. The van der Waals surface area contributed by atoms with Crippen LogP contribution < -0.4 is 29.6 Å². The predicted molar refractivity (Wildman–Crippen MR) is 256 cm³/mol. The molecule has 3 nitrogen and oxygen atoms in total. The van der Waals surface area contributed by atoms with Crippen molar-refractivity contribution in [2.24, 2.45) is 0 Å². The van der Waals surface area contributed by atoms with Crippen LogP contribution in [0.3, 0.4) is 0 Å². The third kappa shape index (κ3) is 36.2. The second-order valence-corrected chi connectivity index (χ2v) is 20.0. The van der Waals surface area contributed by atoms with E-state index in [-0.39, 0.29) is 34.5 Å². The molecule has 0 aliphatic rings. The first-order valence-corrected chi connectivity index (χ1v) is 28.0. The van der Waals surface area contributed by atoms with Gasteiger partial charge in [-0.15, -0.1) is 0 Å². The Morgan fingerprint density at radius 1 is 0.322 bits per heavy atom. The Morgan fingerprint density at radius 3 is 0.797 bits per heavy atom. The van der Waals surface area contributed by atoms with Gasteiger partial charge in [0.05, 0.1) is 4.90 Å². The first-order chi connectivity index (χ1) is 28.5. The summed E-state index contributed by atoms with van der Waals surface area (Å²) in [5, 5.41) is 0. The van der Waals surface area contributed by atoms with E-state index in [1.54, 1.807) is 6.07 Å². The maximum absolute atomic E-state index is 12.6. The molecule has 342 valence electrons. The molecule has 0 aliphatic heterocycles. The second kappa shape index (κ2) is 44.7. The molecule has 0 unspecified atom stereocenters. The Morgan fingerprint density at radius 2 is 0.542 bits per heavy atom. The molecular formula is C54H101NaO3S. The minimum absolute atomic E-state index is 0. The monoisotopic (exact) mass is 853 g/mol. The summed E-state index contributed by atoms with van der Waals surface area (Å²) >= 11 is 0. The van der Waals surface area contributed by atoms with E-state index < -0.39 is 10.1 Å². The van der Waals surface area contributed by atoms with Crippen LogP contribution in [0.1, 0.15) is 307 Å². The van der Waals surface area contributed by atoms with Crippen LogP contribution >= 0.6 is 0 Å². The summed E-state index contributed by atoms with van der Waals surface area (Å²) in [6.07, 6.45) is 58.7. The molecule has 0 saturated carbocycles. The van der Waals surface area contributed by atoms with Gasteiger partial charge in [-0.05, 0) is 61.3 Å². The minimum Gasteiger partial charge on any atom is -0.744 e. The van der Waals surface area contributed by atoms with Gasteiger partial charge >= 0.3 is 29.6 Å². The molecule has 1 aromatic carbocycles. The largest absolute Gasteiger partial charge is 1.00 e. The summed E-state index contributed by atoms with van der Waals surface area (Å²) < 4.78 is 37.8. The van der Waals surface area contributed by atoms with E-state index >= 15 is 0 Å². The van der Waals surface area contributed by atoms with Crippen molar-refractivity contribution in [2.45, 2.75) is 315 Å². The molecule has 0 saturated heterocycles. The smallest absolute Gasteiger partial charge is 0.744 e. The summed E-state index contributed by atoms with van der Waals surface area (Å²) in [4.78, 5) is 0.0762. The molecule has 1 aromatic rings. The van der Waals surface area contributed by atoms with Crippen molar-refractivity contribution < 1.29 is 42.5 Å². The van der Waals surface area contributed by atoms with Crippen LogP contribution in [0.15, 0.2) is 17.0 Å². The Balaban J connectivity index is 0.0000336. The van der Waals surface area contributed by atoms with Crippen molar-refractivity contribution in [3.63, 3.8) is 0 Å². The van der Waals surface area contributed by atoms with Gasteiger partial charge in [0.25, 0.3) is 0 Å². The number of hydrogen-bond acceptors (Lipinski definition) is 3. The van der Waals surface area contributed by atoms with Crippen LogP contribution in [-0.4, -0.2) is 13.0 Å². The molecule has 0 N–H and O–H groups in total. The van der Waals surface area contributed by atoms with E-state index in [4.69, 9.17) is 0 Å². The molecule has 0 spiro atoms. The molecule has 0 radical (unpaired) electrons. The van der Waals surface area contributed by atoms with Gasteiger partial charge in [-0.3, -0.25) is 0 Å². The Kier molecular flexibility index (Phi) is 44.8. The molecule has 59 heavy (non-hydrogen) atoms. The van der Waals surface area contributed by atoms with Crippen molar-refractivity contribution in [1.29, 1.82) is 0 Å². The van der Waals surface area contributed by atoms with Gasteiger partial charge in [0.1, 0.15) is 10.1 Å². The quantitative estimate of drug-likeness (QED) is 0.0373. The fourth-order valence-electron chi connectivity index (χ4n) is 9.28. The zero-order chi connectivity index (χ0) is 42.0. The fourth-order valence-corrected chi connectivity index (χ4v) is 10.0. The molecule has 1 rings (SSSR count). The molecular weight excluding hydrogens is 752 g/mol. The zero-order valence-electron chi connectivity index (χ0n) is 40.6. The zero-order valence-corrected chi connectivity index (χ0v) is 43.4. The van der Waals surface area contributed by atoms with Crippen molar-refractivity contribution in [3.8, 4) is 0 Å². The standard InChI is InChI=1S/C54H102O3S.Na/c1-4-7-10-13-16-19-22-25-28-31-34-37-40-43-46-51-49-50-54(58(55,56)57)53(48-45-42-39-36-33-30-27-24-21-18-15-12-9-6-3)52(51)47-44-41-38-35-32-29-26-23-20-17-14-11-8-5-2;/h49-50H,4-48H2,1-3H3,(H,55,56,57);/q;+1/p-1. The van der Waals surface area contributed by atoms with Crippen LogP contribution in [0, 0.1) is 0 Å². The Labute approximate surface area is 393 Å². The molecule has 0 amide bonds. The van der Waals surface area contributed by atoms with Crippen molar-refractivity contribution in [1.82, 2.24) is 0 Å². The van der Waals surface area contributed by atoms with Gasteiger partial charge in [-0.25, -0.2) is 8.42 Å². The van der Waals surface area contributed by atoms with E-state index in [2.05, 4.69) is 20.8 Å². The summed E-state index contributed by atoms with van der Waals surface area (Å²) in [6, 6.07) is 3.69. The maximum Gasteiger partial charge on any atom is 1.00 e. The Hall–Kier alpha value is 0.130. The van der Waals surface area contributed by atoms with E-state index in [1.165, 1.54) is 255 Å². The Bertz CT molecular complexity index is 1120. The van der Waals surface area contributed by atoms with E-state index in [9.17, 15) is 13.0 Å². The summed E-state index contributed by atoms with van der Waals surface area (Å²) in [6.45, 7) is 6.87. The SMILES string of the molecule is CCCCCCCCCCCCCCCCc1ccc(S(=O)(=O)[O-])c(CCCCCCCCCCCCCCCC)c1CCCCCCCCCCCCCCCC.[Na+]. The van der Waals surface area contributed by atoms with Gasteiger partial charge in [0, 0.05) is 0 Å². The van der Waals surface area contributed by atoms with Crippen molar-refractivity contribution >= 4 is 10.1 Å². The molecule has 0 aliphatic carbocycles. The van der Waals surface area contributed by atoms with Crippen molar-refractivity contribution in [3.05, 3.63) is 28.8 Å². The minimum atomic E-state index is -4.50. The normalized spacial score (nSPS) is 11.7. The summed E-state index contributed by atoms with van der Waals surface area (Å²) in [5.41, 5.74) is 3.42. The average Bonchev–Trinajstić information content (AvgIpc) is 3.21. The third-order valence-electron chi connectivity index (χ3n) is 13.1. The summed E-state index contributed by atoms with van der Waals surface area (Å²) in [5.74, 6) is 0. The summed E-state index contributed by atoms with van der Waals surface area (Å²) in [7, 11) is -4.50. The molecule has 0 fully saturated rings. The average molecular weight is 853 g/mol. The first kappa shape index (κ1) is 59.1. The van der Waals surface area contributed by atoms with Gasteiger partial charge in [-0.1, -0.05) is 277 Å². The molecule has 0 aromatic heterocycles. The van der Waals surface area contributed by atoms with E-state index in [1.807, 2.05) is 6.07 Å². The topological polar surface area (TPSA) is 57.2 Å². The van der Waals surface area contributed by atoms with Crippen LogP contribution in [0.5, 0.6) is 0 Å². The molecule has 0 bridgehead atoms. The van der Waals surface area contributed by atoms with E-state index in [0.717, 1.165) is 50.5 Å². The van der Waals surface area contributed by atoms with Crippen LogP contribution in [0.2, 0.25) is 0 Å². The van der Waals surface area contributed by atoms with Crippen LogP contribution in [-0.2, 0) is 29.4 Å². The maximum atomic E-state index is 12.6. The van der Waals surface area contributed by atoms with Gasteiger partial charge in [-0.2, -0.15) is 0 Å². The van der Waals surface area contributed by atoms with Gasteiger partial charge in [0.15, 0.2) is 0 Å². The fraction of sp³-hybridized carbons (Fsp3) is 0.889. The van der Waals surface area contributed by atoms with Crippen LogP contribution in [0.25, 0.3) is 0 Å². The number of rotatable bonds is 46. The predicted octanol–water partition coefficient (Wildman–Crippen LogP) is 15.7. The van der Waals surface area contributed by atoms with Gasteiger partial charge in [0.2, 0.25) is 0 Å².